The minimum atomic E-state index is 0.126. The molecule has 0 amide bonds. The molecule has 3 N–H and O–H groups in total. The monoisotopic (exact) mass is 254 g/mol. The molecule has 1 aromatic carbocycles. The van der Waals surface area contributed by atoms with Crippen molar-refractivity contribution in [3.63, 3.8) is 0 Å². The van der Waals surface area contributed by atoms with Crippen LogP contribution in [0.4, 0.5) is 5.95 Å². The second-order valence-corrected chi connectivity index (χ2v) is 3.74. The minimum Gasteiger partial charge on any atom is -0.365 e. The Kier molecular flexibility index (Phi) is 2.73. The van der Waals surface area contributed by atoms with Gasteiger partial charge in [0.05, 0.1) is 18.1 Å². The number of anilines is 1. The van der Waals surface area contributed by atoms with E-state index >= 15 is 0 Å². The summed E-state index contributed by atoms with van der Waals surface area (Å²) in [5, 5.41) is 21.6. The number of H-pyrrole nitrogens is 1. The van der Waals surface area contributed by atoms with Gasteiger partial charge in [-0.3, -0.25) is 5.10 Å². The third-order valence-corrected chi connectivity index (χ3v) is 2.51. The predicted molar refractivity (Wildman–Crippen MR) is 69.2 cm³/mol. The Hall–Kier alpha value is -3.03. The van der Waals surface area contributed by atoms with Crippen molar-refractivity contribution in [1.29, 1.82) is 0 Å². The van der Waals surface area contributed by atoms with Gasteiger partial charge in [0.2, 0.25) is 0 Å². The zero-order valence-corrected chi connectivity index (χ0v) is 9.80. The molecule has 0 unspecified atom stereocenters. The maximum atomic E-state index is 5.52. The summed E-state index contributed by atoms with van der Waals surface area (Å²) in [6.45, 7) is 0. The standard InChI is InChI=1S/C11H10N8/c12-11-16-17-18-19(11)14-7-9-6-13-15-10(9)8-4-2-1-3-5-8/h1-7H,(H,13,15)(H2,12,16,18)/b14-7-. The molecule has 3 aromatic rings. The molecule has 8 heteroatoms. The molecule has 2 heterocycles. The second kappa shape index (κ2) is 4.69. The van der Waals surface area contributed by atoms with Crippen LogP contribution >= 0.6 is 0 Å². The van der Waals surface area contributed by atoms with Crippen molar-refractivity contribution in [3.8, 4) is 11.3 Å². The summed E-state index contributed by atoms with van der Waals surface area (Å²) in [5.74, 6) is 0.126. The normalized spacial score (nSPS) is 11.2. The lowest BCUT2D eigenvalue weighted by molar-refractivity contribution is 0.700. The number of nitrogens with zero attached hydrogens (tertiary/aromatic N) is 6. The van der Waals surface area contributed by atoms with Crippen LogP contribution in [-0.2, 0) is 0 Å². The lowest BCUT2D eigenvalue weighted by Crippen LogP contribution is -1.99. The molecule has 0 atom stereocenters. The van der Waals surface area contributed by atoms with Crippen LogP contribution < -0.4 is 5.73 Å². The summed E-state index contributed by atoms with van der Waals surface area (Å²) in [7, 11) is 0. The first-order valence-corrected chi connectivity index (χ1v) is 5.51. The van der Waals surface area contributed by atoms with Crippen LogP contribution in [0.15, 0.2) is 41.6 Å². The Labute approximate surface area is 107 Å². The number of nitrogens with one attached hydrogen (secondary N) is 1. The molecule has 2 aromatic heterocycles. The molecule has 0 spiro atoms. The van der Waals surface area contributed by atoms with E-state index in [1.165, 1.54) is 0 Å². The zero-order valence-electron chi connectivity index (χ0n) is 9.80. The molecule has 0 bridgehead atoms. The van der Waals surface area contributed by atoms with Crippen molar-refractivity contribution in [2.75, 3.05) is 5.73 Å². The maximum absolute atomic E-state index is 5.52. The molecule has 0 aliphatic heterocycles. The van der Waals surface area contributed by atoms with E-state index in [0.29, 0.717) is 0 Å². The predicted octanol–water partition coefficient (Wildman–Crippen LogP) is 0.528. The number of rotatable bonds is 3. The van der Waals surface area contributed by atoms with Gasteiger partial charge in [0.15, 0.2) is 0 Å². The lowest BCUT2D eigenvalue weighted by atomic mass is 10.1. The van der Waals surface area contributed by atoms with Gasteiger partial charge < -0.3 is 5.73 Å². The van der Waals surface area contributed by atoms with Crippen LogP contribution in [0.3, 0.4) is 0 Å². The molecule has 0 saturated carbocycles. The molecule has 0 fully saturated rings. The molecule has 0 radical (unpaired) electrons. The third kappa shape index (κ3) is 2.18. The zero-order chi connectivity index (χ0) is 13.1. The molecule has 0 aliphatic rings. The van der Waals surface area contributed by atoms with E-state index in [-0.39, 0.29) is 5.95 Å². The fraction of sp³-hybridized carbons (Fsp3) is 0. The number of aromatic nitrogens is 6. The van der Waals surface area contributed by atoms with Gasteiger partial charge in [-0.15, -0.1) is 0 Å². The first-order chi connectivity index (χ1) is 9.34. The van der Waals surface area contributed by atoms with Gasteiger partial charge in [0, 0.05) is 11.1 Å². The highest BCUT2D eigenvalue weighted by Crippen LogP contribution is 2.19. The van der Waals surface area contributed by atoms with E-state index < -0.39 is 0 Å². The van der Waals surface area contributed by atoms with Gasteiger partial charge in [-0.05, 0) is 10.4 Å². The van der Waals surface area contributed by atoms with Crippen LogP contribution in [0.1, 0.15) is 5.56 Å². The first kappa shape index (κ1) is 11.1. The minimum absolute atomic E-state index is 0.126. The van der Waals surface area contributed by atoms with Crippen molar-refractivity contribution in [2.24, 2.45) is 5.10 Å². The maximum Gasteiger partial charge on any atom is 0.263 e. The number of hydrogen-bond donors (Lipinski definition) is 2. The van der Waals surface area contributed by atoms with E-state index in [9.17, 15) is 0 Å². The summed E-state index contributed by atoms with van der Waals surface area (Å²) in [4.78, 5) is 1.14. The first-order valence-electron chi connectivity index (χ1n) is 5.51. The number of hydrogen-bond acceptors (Lipinski definition) is 6. The van der Waals surface area contributed by atoms with Crippen molar-refractivity contribution in [1.82, 2.24) is 30.5 Å². The van der Waals surface area contributed by atoms with Crippen LogP contribution in [0.25, 0.3) is 11.3 Å². The van der Waals surface area contributed by atoms with E-state index in [1.807, 2.05) is 30.3 Å². The second-order valence-electron chi connectivity index (χ2n) is 3.74. The van der Waals surface area contributed by atoms with E-state index in [2.05, 4.69) is 30.8 Å². The summed E-state index contributed by atoms with van der Waals surface area (Å²) in [6.07, 6.45) is 3.27. The molecule has 8 nitrogen and oxygen atoms in total. The molecule has 0 aliphatic carbocycles. The molecular weight excluding hydrogens is 244 g/mol. The Morgan fingerprint density at radius 3 is 2.84 bits per heavy atom. The van der Waals surface area contributed by atoms with Gasteiger partial charge in [0.1, 0.15) is 0 Å². The number of nitrogen functional groups attached to an aromatic ring is 1. The Bertz CT molecular complexity index is 696. The van der Waals surface area contributed by atoms with Crippen LogP contribution in [-0.4, -0.2) is 36.7 Å². The number of tetrazole rings is 1. The van der Waals surface area contributed by atoms with Gasteiger partial charge in [-0.2, -0.15) is 10.2 Å². The van der Waals surface area contributed by atoms with Crippen LogP contribution in [0.5, 0.6) is 0 Å². The fourth-order valence-electron chi connectivity index (χ4n) is 1.62. The number of aromatic amines is 1. The van der Waals surface area contributed by atoms with Gasteiger partial charge in [-0.25, -0.2) is 0 Å². The van der Waals surface area contributed by atoms with Gasteiger partial charge in [-0.1, -0.05) is 40.2 Å². The molecular formula is C11H10N8. The number of benzene rings is 1. The van der Waals surface area contributed by atoms with Crippen molar-refractivity contribution in [2.45, 2.75) is 0 Å². The molecule has 94 valence electrons. The van der Waals surface area contributed by atoms with Crippen molar-refractivity contribution >= 4 is 12.2 Å². The summed E-state index contributed by atoms with van der Waals surface area (Å²) < 4.78 is 0. The quantitative estimate of drug-likeness (QED) is 0.662. The Morgan fingerprint density at radius 1 is 1.26 bits per heavy atom. The fourth-order valence-corrected chi connectivity index (χ4v) is 1.62. The molecule has 19 heavy (non-hydrogen) atoms. The Morgan fingerprint density at radius 2 is 2.11 bits per heavy atom. The summed E-state index contributed by atoms with van der Waals surface area (Å²) in [5.41, 5.74) is 8.23. The van der Waals surface area contributed by atoms with Crippen LogP contribution in [0.2, 0.25) is 0 Å². The van der Waals surface area contributed by atoms with Gasteiger partial charge in [0.25, 0.3) is 5.95 Å². The van der Waals surface area contributed by atoms with E-state index in [0.717, 1.165) is 21.6 Å². The number of nitrogens with two attached hydrogens (primary N) is 1. The van der Waals surface area contributed by atoms with E-state index in [4.69, 9.17) is 5.73 Å². The highest BCUT2D eigenvalue weighted by Gasteiger charge is 2.05. The molecule has 0 saturated heterocycles. The third-order valence-electron chi connectivity index (χ3n) is 2.51. The summed E-state index contributed by atoms with van der Waals surface area (Å²) in [6, 6.07) is 9.83. The average Bonchev–Trinajstić information content (AvgIpc) is 3.06. The highest BCUT2D eigenvalue weighted by molar-refractivity contribution is 5.88. The van der Waals surface area contributed by atoms with Crippen LogP contribution in [0, 0.1) is 0 Å². The van der Waals surface area contributed by atoms with E-state index in [1.54, 1.807) is 12.4 Å². The smallest absolute Gasteiger partial charge is 0.263 e. The lowest BCUT2D eigenvalue weighted by Gasteiger charge is -1.98. The SMILES string of the molecule is Nc1nnnn1/N=C\c1cn[nH]c1-c1ccccc1. The van der Waals surface area contributed by atoms with Crippen molar-refractivity contribution in [3.05, 3.63) is 42.1 Å². The molecule has 3 rings (SSSR count). The summed E-state index contributed by atoms with van der Waals surface area (Å²) >= 11 is 0. The van der Waals surface area contributed by atoms with Gasteiger partial charge >= 0.3 is 0 Å². The topological polar surface area (TPSA) is 111 Å². The largest absolute Gasteiger partial charge is 0.365 e. The Balaban J connectivity index is 1.93. The average molecular weight is 254 g/mol. The highest BCUT2D eigenvalue weighted by atomic mass is 15.7. The van der Waals surface area contributed by atoms with Crippen molar-refractivity contribution < 1.29 is 0 Å².